The van der Waals surface area contributed by atoms with Gasteiger partial charge in [0.15, 0.2) is 12.5 Å². The summed E-state index contributed by atoms with van der Waals surface area (Å²) >= 11 is 0. The lowest BCUT2D eigenvalue weighted by molar-refractivity contribution is -0.100. The highest BCUT2D eigenvalue weighted by Crippen LogP contribution is 2.35. The number of hydrogen-bond donors (Lipinski definition) is 1. The number of carbonyl (C=O) groups is 1. The van der Waals surface area contributed by atoms with Crippen molar-refractivity contribution in [1.29, 1.82) is 0 Å². The molecule has 1 aliphatic rings. The van der Waals surface area contributed by atoms with Crippen LogP contribution in [0.5, 0.6) is 0 Å². The summed E-state index contributed by atoms with van der Waals surface area (Å²) in [6, 6.07) is 0. The maximum Gasteiger partial charge on any atom is 0.413 e. The third-order valence-corrected chi connectivity index (χ3v) is 5.55. The fourth-order valence-electron chi connectivity index (χ4n) is 4.02. The number of amides is 1. The summed E-state index contributed by atoms with van der Waals surface area (Å²) in [7, 11) is 3.08. The van der Waals surface area contributed by atoms with E-state index in [9.17, 15) is 4.79 Å². The molecule has 1 aliphatic carbocycles. The third kappa shape index (κ3) is 6.40. The second kappa shape index (κ2) is 11.2. The number of ether oxygens (including phenoxy) is 3. The van der Waals surface area contributed by atoms with Gasteiger partial charge < -0.3 is 14.2 Å². The average molecular weight is 469 g/mol. The molecule has 2 heterocycles. The molecule has 2 aromatic rings. The van der Waals surface area contributed by atoms with Gasteiger partial charge in [0, 0.05) is 43.7 Å². The smallest absolute Gasteiger partial charge is 0.413 e. The van der Waals surface area contributed by atoms with Gasteiger partial charge in [-0.05, 0) is 39.5 Å². The molecule has 0 atom stereocenters. The normalized spacial score (nSPS) is 14.9. The summed E-state index contributed by atoms with van der Waals surface area (Å²) in [4.78, 5) is 24.7. The summed E-state index contributed by atoms with van der Waals surface area (Å²) in [5.41, 5.74) is 2.16. The zero-order valence-electron chi connectivity index (χ0n) is 20.4. The largest absolute Gasteiger partial charge is 0.444 e. The zero-order valence-corrected chi connectivity index (χ0v) is 20.4. The number of hydrogen-bond acceptors (Lipinski definition) is 7. The first kappa shape index (κ1) is 25.3. The third-order valence-electron chi connectivity index (χ3n) is 5.55. The molecule has 0 aliphatic heterocycles. The summed E-state index contributed by atoms with van der Waals surface area (Å²) in [6.45, 7) is 12.7. The second-order valence-electron chi connectivity index (χ2n) is 9.12. The molecule has 34 heavy (non-hydrogen) atoms. The van der Waals surface area contributed by atoms with E-state index in [2.05, 4.69) is 25.2 Å². The van der Waals surface area contributed by atoms with E-state index in [-0.39, 0.29) is 6.42 Å². The number of carbonyl (C=O) groups excluding carboxylic acids is 1. The Balaban J connectivity index is 1.99. The molecule has 10 heteroatoms. The molecule has 0 unspecified atom stereocenters. The molecule has 10 nitrogen and oxygen atoms in total. The van der Waals surface area contributed by atoms with Crippen LogP contribution in [0.1, 0.15) is 52.0 Å². The molecule has 0 aromatic carbocycles. The Bertz CT molecular complexity index is 1060. The molecule has 1 amide bonds. The van der Waals surface area contributed by atoms with Crippen molar-refractivity contribution in [3.05, 3.63) is 41.9 Å². The molecule has 2 aromatic heterocycles. The van der Waals surface area contributed by atoms with Gasteiger partial charge >= 0.3 is 6.09 Å². The first-order valence-electron chi connectivity index (χ1n) is 11.3. The first-order chi connectivity index (χ1) is 16.3. The van der Waals surface area contributed by atoms with Gasteiger partial charge in [-0.1, -0.05) is 12.8 Å². The summed E-state index contributed by atoms with van der Waals surface area (Å²) in [6.07, 6.45) is 9.96. The Hall–Kier alpha value is -3.29. The Labute approximate surface area is 200 Å². The lowest BCUT2D eigenvalue weighted by Crippen LogP contribution is -2.28. The van der Waals surface area contributed by atoms with E-state index in [1.807, 2.05) is 6.20 Å². The van der Waals surface area contributed by atoms with E-state index >= 15 is 0 Å². The minimum absolute atomic E-state index is 0.285. The highest BCUT2D eigenvalue weighted by molar-refractivity contribution is 5.86. The van der Waals surface area contributed by atoms with Crippen molar-refractivity contribution in [2.24, 2.45) is 5.92 Å². The molecule has 1 N–H and O–H groups in total. The van der Waals surface area contributed by atoms with Crippen molar-refractivity contribution in [1.82, 2.24) is 19.7 Å². The topological polar surface area (TPSA) is 105 Å². The quantitative estimate of drug-likeness (QED) is 0.440. The van der Waals surface area contributed by atoms with Crippen molar-refractivity contribution < 1.29 is 19.0 Å². The Kier molecular flexibility index (Phi) is 8.36. The molecule has 0 saturated heterocycles. The number of nitrogens with zero attached hydrogens (tertiary/aromatic N) is 5. The Morgan fingerprint density at radius 2 is 2.00 bits per heavy atom. The van der Waals surface area contributed by atoms with E-state index in [0.717, 1.165) is 36.9 Å². The molecule has 182 valence electrons. The van der Waals surface area contributed by atoms with E-state index < -0.39 is 18.0 Å². The van der Waals surface area contributed by atoms with Crippen LogP contribution in [0.2, 0.25) is 0 Å². The van der Waals surface area contributed by atoms with Crippen molar-refractivity contribution >= 4 is 17.6 Å². The van der Waals surface area contributed by atoms with Crippen LogP contribution in [0.3, 0.4) is 0 Å². The molecule has 0 bridgehead atoms. The predicted molar refractivity (Wildman–Crippen MR) is 127 cm³/mol. The average Bonchev–Trinajstić information content (AvgIpc) is 3.48. The molecular weight excluding hydrogens is 436 g/mol. The highest BCUT2D eigenvalue weighted by atomic mass is 16.7. The minimum atomic E-state index is -0.658. The molecule has 3 rings (SSSR count). The van der Waals surface area contributed by atoms with Gasteiger partial charge in [0.1, 0.15) is 17.7 Å². The van der Waals surface area contributed by atoms with Crippen LogP contribution in [0.4, 0.5) is 10.6 Å². The van der Waals surface area contributed by atoms with E-state index in [0.29, 0.717) is 23.0 Å². The molecule has 1 saturated carbocycles. The van der Waals surface area contributed by atoms with Gasteiger partial charge in [-0.15, -0.1) is 0 Å². The van der Waals surface area contributed by atoms with Gasteiger partial charge in [-0.3, -0.25) is 10.00 Å². The molecule has 0 spiro atoms. The monoisotopic (exact) mass is 468 g/mol. The second-order valence-corrected chi connectivity index (χ2v) is 9.12. The number of allylic oxidation sites excluding steroid dienone is 1. The number of rotatable bonds is 8. The summed E-state index contributed by atoms with van der Waals surface area (Å²) < 4.78 is 17.9. The minimum Gasteiger partial charge on any atom is -0.444 e. The maximum atomic E-state index is 12.5. The van der Waals surface area contributed by atoms with Crippen molar-refractivity contribution in [2.45, 2.75) is 64.8 Å². The highest BCUT2D eigenvalue weighted by Gasteiger charge is 2.25. The van der Waals surface area contributed by atoms with Crippen LogP contribution >= 0.6 is 0 Å². The predicted octanol–water partition coefficient (Wildman–Crippen LogP) is 4.76. The van der Waals surface area contributed by atoms with Crippen molar-refractivity contribution in [3.63, 3.8) is 0 Å². The SMILES string of the molecule is [C-]#[N+]/C=C(/C1CCCC1)n1cc(-c2ncnc(NC(=O)OC(C)(C)C)c2CC(OC)OC)cn1. The lowest BCUT2D eigenvalue weighted by Gasteiger charge is -2.21. The Morgan fingerprint density at radius 3 is 2.62 bits per heavy atom. The van der Waals surface area contributed by atoms with Gasteiger partial charge in [0.2, 0.25) is 0 Å². The van der Waals surface area contributed by atoms with E-state index in [4.69, 9.17) is 20.8 Å². The summed E-state index contributed by atoms with van der Waals surface area (Å²) in [5.74, 6) is 0.612. The molecular formula is C24H32N6O4. The van der Waals surface area contributed by atoms with Crippen LogP contribution in [-0.2, 0) is 20.6 Å². The lowest BCUT2D eigenvalue weighted by atomic mass is 10.0. The fraction of sp³-hybridized carbons (Fsp3) is 0.542. The van der Waals surface area contributed by atoms with Gasteiger partial charge in [0.05, 0.1) is 18.5 Å². The van der Waals surface area contributed by atoms with Gasteiger partial charge in [-0.25, -0.2) is 19.6 Å². The maximum absolute atomic E-state index is 12.5. The van der Waals surface area contributed by atoms with Crippen LogP contribution in [0.15, 0.2) is 24.9 Å². The summed E-state index contributed by atoms with van der Waals surface area (Å²) in [5, 5.41) is 7.25. The number of aromatic nitrogens is 4. The Morgan fingerprint density at radius 1 is 1.29 bits per heavy atom. The van der Waals surface area contributed by atoms with Crippen LogP contribution in [0.25, 0.3) is 21.8 Å². The van der Waals surface area contributed by atoms with Crippen molar-refractivity contribution in [3.8, 4) is 11.3 Å². The van der Waals surface area contributed by atoms with Crippen LogP contribution < -0.4 is 5.32 Å². The van der Waals surface area contributed by atoms with E-state index in [1.165, 1.54) is 6.33 Å². The number of nitrogens with one attached hydrogen (secondary N) is 1. The van der Waals surface area contributed by atoms with E-state index in [1.54, 1.807) is 52.1 Å². The standard InChI is InChI=1S/C24H32N6O4/c1-24(2,3)34-23(31)29-22-18(11-20(32-5)33-6)21(26-15-27-22)17-12-28-30(14-17)19(13-25-4)16-9-7-8-10-16/h12-16,20H,7-11H2,1-3,5-6H3,(H,26,27,29,31)/b19-13-. The number of methoxy groups -OCH3 is 2. The number of anilines is 1. The molecule has 0 radical (unpaired) electrons. The first-order valence-corrected chi connectivity index (χ1v) is 11.3. The van der Waals surface area contributed by atoms with Crippen molar-refractivity contribution in [2.75, 3.05) is 19.5 Å². The molecule has 1 fully saturated rings. The fourth-order valence-corrected chi connectivity index (χ4v) is 4.02. The zero-order chi connectivity index (χ0) is 24.7. The van der Waals surface area contributed by atoms with Crippen LogP contribution in [-0.4, -0.2) is 52.0 Å². The van der Waals surface area contributed by atoms with Gasteiger partial charge in [0.25, 0.3) is 0 Å². The van der Waals surface area contributed by atoms with Gasteiger partial charge in [-0.2, -0.15) is 5.10 Å². The van der Waals surface area contributed by atoms with Crippen LogP contribution in [0, 0.1) is 12.5 Å².